The first kappa shape index (κ1) is 16.8. The van der Waals surface area contributed by atoms with Gasteiger partial charge in [-0.1, -0.05) is 22.9 Å². The van der Waals surface area contributed by atoms with Gasteiger partial charge in [-0.05, 0) is 57.0 Å². The highest BCUT2D eigenvalue weighted by atomic mass is 79.9. The highest BCUT2D eigenvalue weighted by molar-refractivity contribution is 9.10. The number of ether oxygens (including phenoxy) is 2. The quantitative estimate of drug-likeness (QED) is 0.808. The molecule has 1 atom stereocenters. The first-order valence-corrected chi connectivity index (χ1v) is 8.58. The maximum atomic E-state index is 5.95. The van der Waals surface area contributed by atoms with Gasteiger partial charge in [0.1, 0.15) is 5.75 Å². The molecule has 0 aliphatic carbocycles. The fourth-order valence-electron chi connectivity index (χ4n) is 3.00. The Labute approximate surface area is 136 Å². The van der Waals surface area contributed by atoms with Crippen LogP contribution in [0.25, 0.3) is 0 Å². The van der Waals surface area contributed by atoms with Crippen molar-refractivity contribution in [1.82, 2.24) is 5.32 Å². The van der Waals surface area contributed by atoms with E-state index >= 15 is 0 Å². The molecule has 0 saturated heterocycles. The summed E-state index contributed by atoms with van der Waals surface area (Å²) in [5.74, 6) is 1.08. The molecule has 3 nitrogen and oxygen atoms in total. The van der Waals surface area contributed by atoms with Crippen molar-refractivity contribution in [3.8, 4) is 5.75 Å². The third kappa shape index (κ3) is 3.99. The van der Waals surface area contributed by atoms with Gasteiger partial charge in [-0.3, -0.25) is 0 Å². The molecular formula is C17H26BrNO2. The Balaban J connectivity index is 2.25. The zero-order chi connectivity index (χ0) is 15.5. The molecule has 1 aliphatic rings. The number of rotatable bonds is 7. The zero-order valence-corrected chi connectivity index (χ0v) is 15.0. The smallest absolute Gasteiger partial charge is 0.125 e. The third-order valence-corrected chi connectivity index (χ3v) is 4.51. The van der Waals surface area contributed by atoms with Crippen LogP contribution in [0.2, 0.25) is 0 Å². The SMILES string of the molecule is CCNC(Cc1cc(Br)cc2c1OCC2)C(C)(C)OCC. The van der Waals surface area contributed by atoms with E-state index in [4.69, 9.17) is 9.47 Å². The highest BCUT2D eigenvalue weighted by Crippen LogP contribution is 2.34. The fourth-order valence-corrected chi connectivity index (χ4v) is 3.55. The van der Waals surface area contributed by atoms with Crippen LogP contribution in [0.1, 0.15) is 38.8 Å². The van der Waals surface area contributed by atoms with Crippen LogP contribution in [0, 0.1) is 0 Å². The van der Waals surface area contributed by atoms with E-state index in [0.29, 0.717) is 0 Å². The van der Waals surface area contributed by atoms with E-state index in [1.807, 2.05) is 6.92 Å². The first-order chi connectivity index (χ1) is 9.97. The molecule has 0 saturated carbocycles. The Morgan fingerprint density at radius 3 is 2.81 bits per heavy atom. The van der Waals surface area contributed by atoms with Crippen LogP contribution >= 0.6 is 15.9 Å². The molecule has 0 fully saturated rings. The summed E-state index contributed by atoms with van der Waals surface area (Å²) in [6.45, 7) is 10.9. The molecule has 1 aromatic rings. The molecule has 2 rings (SSSR count). The van der Waals surface area contributed by atoms with Crippen LogP contribution in [0.4, 0.5) is 0 Å². The van der Waals surface area contributed by atoms with E-state index in [1.165, 1.54) is 11.1 Å². The van der Waals surface area contributed by atoms with Crippen molar-refractivity contribution < 1.29 is 9.47 Å². The predicted molar refractivity (Wildman–Crippen MR) is 90.2 cm³/mol. The van der Waals surface area contributed by atoms with E-state index in [-0.39, 0.29) is 11.6 Å². The number of halogens is 1. The van der Waals surface area contributed by atoms with Crippen LogP contribution < -0.4 is 10.1 Å². The summed E-state index contributed by atoms with van der Waals surface area (Å²) in [6.07, 6.45) is 1.91. The number of hydrogen-bond acceptors (Lipinski definition) is 3. The van der Waals surface area contributed by atoms with Gasteiger partial charge >= 0.3 is 0 Å². The van der Waals surface area contributed by atoms with Gasteiger partial charge < -0.3 is 14.8 Å². The molecule has 1 N–H and O–H groups in total. The molecule has 1 heterocycles. The molecule has 118 valence electrons. The molecular weight excluding hydrogens is 330 g/mol. The Morgan fingerprint density at radius 1 is 1.38 bits per heavy atom. The summed E-state index contributed by atoms with van der Waals surface area (Å²) in [7, 11) is 0. The van der Waals surface area contributed by atoms with Crippen LogP contribution in [0.15, 0.2) is 16.6 Å². The molecule has 0 amide bonds. The van der Waals surface area contributed by atoms with Crippen molar-refractivity contribution in [3.63, 3.8) is 0 Å². The number of benzene rings is 1. The van der Waals surface area contributed by atoms with Gasteiger partial charge in [0.05, 0.1) is 12.2 Å². The Hall–Kier alpha value is -0.580. The van der Waals surface area contributed by atoms with Gasteiger partial charge in [-0.2, -0.15) is 0 Å². The lowest BCUT2D eigenvalue weighted by atomic mass is 9.91. The lowest BCUT2D eigenvalue weighted by molar-refractivity contribution is -0.0377. The van der Waals surface area contributed by atoms with Gasteiger partial charge in [-0.15, -0.1) is 0 Å². The summed E-state index contributed by atoms with van der Waals surface area (Å²) in [4.78, 5) is 0. The summed E-state index contributed by atoms with van der Waals surface area (Å²) in [5.41, 5.74) is 2.36. The number of hydrogen-bond donors (Lipinski definition) is 1. The van der Waals surface area contributed by atoms with E-state index in [2.05, 4.69) is 54.2 Å². The van der Waals surface area contributed by atoms with E-state index < -0.39 is 0 Å². The Kier molecular flexibility index (Phi) is 5.69. The standard InChI is InChI=1S/C17H26BrNO2/c1-5-19-15(17(3,4)21-6-2)11-13-10-14(18)9-12-7-8-20-16(12)13/h9-10,15,19H,5-8,11H2,1-4H3. The molecule has 0 radical (unpaired) electrons. The normalized spacial score (nSPS) is 15.7. The van der Waals surface area contributed by atoms with E-state index in [0.717, 1.165) is 42.8 Å². The van der Waals surface area contributed by atoms with Gasteiger partial charge in [-0.25, -0.2) is 0 Å². The number of nitrogens with one attached hydrogen (secondary N) is 1. The minimum atomic E-state index is -0.210. The van der Waals surface area contributed by atoms with Crippen LogP contribution in [-0.4, -0.2) is 31.4 Å². The van der Waals surface area contributed by atoms with Gasteiger partial charge in [0.15, 0.2) is 0 Å². The minimum absolute atomic E-state index is 0.210. The summed E-state index contributed by atoms with van der Waals surface area (Å²) in [6, 6.07) is 4.60. The summed E-state index contributed by atoms with van der Waals surface area (Å²) in [5, 5.41) is 3.57. The van der Waals surface area contributed by atoms with Crippen molar-refractivity contribution in [1.29, 1.82) is 0 Å². The molecule has 1 aromatic carbocycles. The van der Waals surface area contributed by atoms with E-state index in [1.54, 1.807) is 0 Å². The topological polar surface area (TPSA) is 30.5 Å². The second kappa shape index (κ2) is 7.12. The largest absolute Gasteiger partial charge is 0.493 e. The molecule has 1 aliphatic heterocycles. The van der Waals surface area contributed by atoms with Crippen LogP contribution in [0.5, 0.6) is 5.75 Å². The van der Waals surface area contributed by atoms with Gasteiger partial charge in [0, 0.05) is 23.5 Å². The first-order valence-electron chi connectivity index (χ1n) is 7.79. The number of likely N-dealkylation sites (N-methyl/N-ethyl adjacent to an activating group) is 1. The van der Waals surface area contributed by atoms with Crippen molar-refractivity contribution in [2.75, 3.05) is 19.8 Å². The highest BCUT2D eigenvalue weighted by Gasteiger charge is 2.31. The summed E-state index contributed by atoms with van der Waals surface area (Å²) >= 11 is 3.62. The van der Waals surface area contributed by atoms with E-state index in [9.17, 15) is 0 Å². The summed E-state index contributed by atoms with van der Waals surface area (Å²) < 4.78 is 12.9. The van der Waals surface area contributed by atoms with Crippen LogP contribution in [0.3, 0.4) is 0 Å². The zero-order valence-electron chi connectivity index (χ0n) is 13.5. The molecule has 1 unspecified atom stereocenters. The molecule has 4 heteroatoms. The Morgan fingerprint density at radius 2 is 2.14 bits per heavy atom. The maximum absolute atomic E-state index is 5.95. The second-order valence-electron chi connectivity index (χ2n) is 6.00. The minimum Gasteiger partial charge on any atom is -0.493 e. The predicted octanol–water partition coefficient (Wildman–Crippen LogP) is 3.72. The molecule has 21 heavy (non-hydrogen) atoms. The molecule has 0 spiro atoms. The van der Waals surface area contributed by atoms with Crippen molar-refractivity contribution in [2.45, 2.75) is 52.2 Å². The lowest BCUT2D eigenvalue weighted by Crippen LogP contribution is -2.50. The Bertz CT molecular complexity index is 488. The monoisotopic (exact) mass is 355 g/mol. The fraction of sp³-hybridized carbons (Fsp3) is 0.647. The third-order valence-electron chi connectivity index (χ3n) is 4.06. The van der Waals surface area contributed by atoms with Gasteiger partial charge in [0.2, 0.25) is 0 Å². The van der Waals surface area contributed by atoms with Crippen LogP contribution in [-0.2, 0) is 17.6 Å². The maximum Gasteiger partial charge on any atom is 0.125 e. The lowest BCUT2D eigenvalue weighted by Gasteiger charge is -2.35. The molecule has 0 bridgehead atoms. The average Bonchev–Trinajstić information content (AvgIpc) is 2.86. The van der Waals surface area contributed by atoms with Crippen molar-refractivity contribution in [2.24, 2.45) is 0 Å². The van der Waals surface area contributed by atoms with Crippen molar-refractivity contribution in [3.05, 3.63) is 27.7 Å². The second-order valence-corrected chi connectivity index (χ2v) is 6.92. The molecule has 0 aromatic heterocycles. The van der Waals surface area contributed by atoms with Gasteiger partial charge in [0.25, 0.3) is 0 Å². The average molecular weight is 356 g/mol. The number of fused-ring (bicyclic) bond motifs is 1. The van der Waals surface area contributed by atoms with Crippen molar-refractivity contribution >= 4 is 15.9 Å².